The zero-order valence-corrected chi connectivity index (χ0v) is 13.1. The molecule has 0 aliphatic heterocycles. The third-order valence-corrected chi connectivity index (χ3v) is 4.82. The van der Waals surface area contributed by atoms with Gasteiger partial charge in [-0.05, 0) is 44.9 Å². The Hall–Kier alpha value is -0.300. The number of rotatable bonds is 4. The van der Waals surface area contributed by atoms with Crippen molar-refractivity contribution < 1.29 is 4.48 Å². The fraction of sp³-hybridized carbons (Fsp3) is 0.875. The summed E-state index contributed by atoms with van der Waals surface area (Å²) in [5.41, 5.74) is 3.88. The summed E-state index contributed by atoms with van der Waals surface area (Å²) < 4.78 is 1.08. The molecule has 0 aromatic carbocycles. The van der Waals surface area contributed by atoms with E-state index in [1.54, 1.807) is 11.1 Å². The second-order valence-corrected chi connectivity index (χ2v) is 7.50. The number of allylic oxidation sites excluding steroid dienone is 2. The van der Waals surface area contributed by atoms with Crippen molar-refractivity contribution in [1.82, 2.24) is 0 Å². The van der Waals surface area contributed by atoms with E-state index in [2.05, 4.69) is 48.8 Å². The molecule has 0 radical (unpaired) electrons. The van der Waals surface area contributed by atoms with Gasteiger partial charge in [-0.2, -0.15) is 0 Å². The first-order chi connectivity index (χ1) is 7.64. The summed E-state index contributed by atoms with van der Waals surface area (Å²) in [4.78, 5) is 0. The topological polar surface area (TPSA) is 0 Å². The van der Waals surface area contributed by atoms with Gasteiger partial charge in [0.1, 0.15) is 0 Å². The Morgan fingerprint density at radius 3 is 2.29 bits per heavy atom. The van der Waals surface area contributed by atoms with Gasteiger partial charge in [-0.15, -0.1) is 0 Å². The van der Waals surface area contributed by atoms with Gasteiger partial charge in [-0.1, -0.05) is 25.0 Å². The molecule has 0 saturated carbocycles. The second-order valence-electron chi connectivity index (χ2n) is 7.50. The van der Waals surface area contributed by atoms with Crippen LogP contribution in [0.5, 0.6) is 0 Å². The summed E-state index contributed by atoms with van der Waals surface area (Å²) in [6.45, 7) is 9.60. The van der Waals surface area contributed by atoms with Crippen LogP contribution in [0.2, 0.25) is 0 Å². The average Bonchev–Trinajstić information content (AvgIpc) is 2.14. The van der Waals surface area contributed by atoms with E-state index < -0.39 is 0 Å². The van der Waals surface area contributed by atoms with Crippen LogP contribution >= 0.6 is 0 Å². The molecule has 1 rings (SSSR count). The summed E-state index contributed by atoms with van der Waals surface area (Å²) in [5, 5.41) is 0. The first kappa shape index (κ1) is 14.8. The van der Waals surface area contributed by atoms with Gasteiger partial charge in [-0.3, -0.25) is 0 Å². The van der Waals surface area contributed by atoms with Gasteiger partial charge in [-0.25, -0.2) is 0 Å². The third kappa shape index (κ3) is 3.84. The molecule has 0 spiro atoms. The van der Waals surface area contributed by atoms with Crippen LogP contribution in [0.3, 0.4) is 0 Å². The fourth-order valence-corrected chi connectivity index (χ4v) is 2.97. The van der Waals surface area contributed by atoms with Crippen molar-refractivity contribution in [3.63, 3.8) is 0 Å². The van der Waals surface area contributed by atoms with Gasteiger partial charge in [0.15, 0.2) is 0 Å². The Bertz CT molecular complexity index is 291. The minimum absolute atomic E-state index is 0.451. The highest BCUT2D eigenvalue weighted by atomic mass is 15.3. The summed E-state index contributed by atoms with van der Waals surface area (Å²) in [5.74, 6) is 0. The van der Waals surface area contributed by atoms with Gasteiger partial charge >= 0.3 is 0 Å². The van der Waals surface area contributed by atoms with Crippen LogP contribution in [0, 0.1) is 5.41 Å². The van der Waals surface area contributed by atoms with Crippen LogP contribution in [0.25, 0.3) is 0 Å². The Morgan fingerprint density at radius 2 is 1.82 bits per heavy atom. The predicted octanol–water partition coefficient (Wildman–Crippen LogP) is 4.39. The maximum absolute atomic E-state index is 2.43. The van der Waals surface area contributed by atoms with E-state index in [1.807, 2.05) is 0 Å². The Labute approximate surface area is 108 Å². The minimum Gasteiger partial charge on any atom is -0.329 e. The van der Waals surface area contributed by atoms with Gasteiger partial charge in [0.2, 0.25) is 0 Å². The van der Waals surface area contributed by atoms with Crippen molar-refractivity contribution in [1.29, 1.82) is 0 Å². The molecule has 0 fully saturated rings. The molecule has 100 valence electrons. The molecule has 1 nitrogen and oxygen atoms in total. The van der Waals surface area contributed by atoms with Gasteiger partial charge < -0.3 is 4.48 Å². The molecule has 1 aliphatic carbocycles. The maximum atomic E-state index is 2.43. The molecular weight excluding hydrogens is 206 g/mol. The minimum atomic E-state index is 0.451. The zero-order valence-electron chi connectivity index (χ0n) is 13.1. The molecule has 0 heterocycles. The number of hydrogen-bond donors (Lipinski definition) is 0. The van der Waals surface area contributed by atoms with Crippen LogP contribution in [0.15, 0.2) is 11.1 Å². The Balaban J connectivity index is 2.67. The van der Waals surface area contributed by atoms with E-state index in [0.29, 0.717) is 5.41 Å². The largest absolute Gasteiger partial charge is 0.329 e. The first-order valence-corrected chi connectivity index (χ1v) is 7.15. The standard InChI is InChI=1S/C16H32N/c1-13-9-8-12-16(3,4)15(13)11-10-14(2)17(5,6)7/h14H,8-12H2,1-7H3/q+1. The maximum Gasteiger partial charge on any atom is 0.0858 e. The zero-order chi connectivity index (χ0) is 13.3. The fourth-order valence-electron chi connectivity index (χ4n) is 2.97. The average molecular weight is 238 g/mol. The summed E-state index contributed by atoms with van der Waals surface area (Å²) in [7, 11) is 6.91. The number of nitrogens with zero attached hydrogens (tertiary/aromatic N) is 1. The highest BCUT2D eigenvalue weighted by Gasteiger charge is 2.29. The van der Waals surface area contributed by atoms with Crippen LogP contribution in [-0.2, 0) is 0 Å². The van der Waals surface area contributed by atoms with Crippen molar-refractivity contribution in [2.75, 3.05) is 21.1 Å². The third-order valence-electron chi connectivity index (χ3n) is 4.82. The van der Waals surface area contributed by atoms with Crippen LogP contribution in [0.4, 0.5) is 0 Å². The molecule has 0 aromatic rings. The van der Waals surface area contributed by atoms with E-state index in [4.69, 9.17) is 0 Å². The van der Waals surface area contributed by atoms with E-state index in [1.165, 1.54) is 32.1 Å². The van der Waals surface area contributed by atoms with Crippen LogP contribution < -0.4 is 0 Å². The smallest absolute Gasteiger partial charge is 0.0858 e. The number of quaternary nitrogens is 1. The van der Waals surface area contributed by atoms with Gasteiger partial charge in [0.05, 0.1) is 27.2 Å². The lowest BCUT2D eigenvalue weighted by molar-refractivity contribution is -0.894. The molecule has 1 heteroatoms. The van der Waals surface area contributed by atoms with E-state index >= 15 is 0 Å². The predicted molar refractivity (Wildman–Crippen MR) is 77.1 cm³/mol. The van der Waals surface area contributed by atoms with Gasteiger partial charge in [0, 0.05) is 6.42 Å². The molecular formula is C16H32N+. The lowest BCUT2D eigenvalue weighted by Crippen LogP contribution is -2.43. The van der Waals surface area contributed by atoms with Crippen molar-refractivity contribution in [2.45, 2.75) is 65.8 Å². The normalized spacial score (nSPS) is 22.8. The van der Waals surface area contributed by atoms with Crippen molar-refractivity contribution in [3.8, 4) is 0 Å². The highest BCUT2D eigenvalue weighted by Crippen LogP contribution is 2.42. The van der Waals surface area contributed by atoms with Crippen molar-refractivity contribution >= 4 is 0 Å². The van der Waals surface area contributed by atoms with Gasteiger partial charge in [0.25, 0.3) is 0 Å². The molecule has 0 saturated heterocycles. The second kappa shape index (κ2) is 5.14. The summed E-state index contributed by atoms with van der Waals surface area (Å²) >= 11 is 0. The molecule has 0 bridgehead atoms. The Morgan fingerprint density at radius 1 is 1.24 bits per heavy atom. The quantitative estimate of drug-likeness (QED) is 0.503. The molecule has 0 N–H and O–H groups in total. The van der Waals surface area contributed by atoms with Crippen LogP contribution in [-0.4, -0.2) is 31.7 Å². The van der Waals surface area contributed by atoms with Crippen molar-refractivity contribution in [2.24, 2.45) is 5.41 Å². The lowest BCUT2D eigenvalue weighted by Gasteiger charge is -2.37. The molecule has 17 heavy (non-hydrogen) atoms. The highest BCUT2D eigenvalue weighted by molar-refractivity contribution is 5.22. The van der Waals surface area contributed by atoms with Crippen LogP contribution in [0.1, 0.15) is 59.8 Å². The SMILES string of the molecule is CC1=C(CCC(C)[N+](C)(C)C)C(C)(C)CCC1. The monoisotopic (exact) mass is 238 g/mol. The molecule has 0 amide bonds. The first-order valence-electron chi connectivity index (χ1n) is 7.15. The lowest BCUT2D eigenvalue weighted by atomic mass is 9.71. The Kier molecular flexibility index (Phi) is 4.46. The van der Waals surface area contributed by atoms with E-state index in [0.717, 1.165) is 10.5 Å². The van der Waals surface area contributed by atoms with E-state index in [9.17, 15) is 0 Å². The summed E-state index contributed by atoms with van der Waals surface area (Å²) in [6, 6.07) is 0.744. The molecule has 1 aliphatic rings. The van der Waals surface area contributed by atoms with Crippen molar-refractivity contribution in [3.05, 3.63) is 11.1 Å². The molecule has 1 atom stereocenters. The molecule has 1 unspecified atom stereocenters. The molecule has 0 aromatic heterocycles. The number of hydrogen-bond acceptors (Lipinski definition) is 0. The van der Waals surface area contributed by atoms with E-state index in [-0.39, 0.29) is 0 Å². The summed E-state index contributed by atoms with van der Waals surface area (Å²) in [6.07, 6.45) is 6.71.